The maximum atomic E-state index is 15.7. The van der Waals surface area contributed by atoms with Crippen molar-refractivity contribution >= 4 is 33.4 Å². The van der Waals surface area contributed by atoms with E-state index in [0.29, 0.717) is 33.7 Å². The van der Waals surface area contributed by atoms with Crippen molar-refractivity contribution in [3.05, 3.63) is 58.8 Å². The SMILES string of the molecule is Cn1cc2[nH]c(=O)c(-c3nc4c(F)c(N5CCCCC5)ccc4[nH]3)c(NC(C)(C)c3ncccn3)c2n1. The summed E-state index contributed by atoms with van der Waals surface area (Å²) < 4.78 is 17.3. The molecule has 4 aromatic heterocycles. The number of aryl methyl sites for hydroxylation is 1. The second-order valence-corrected chi connectivity index (χ2v) is 10.0. The number of piperidine rings is 1. The van der Waals surface area contributed by atoms with Gasteiger partial charge in [0.25, 0.3) is 5.56 Å². The predicted molar refractivity (Wildman–Crippen MR) is 141 cm³/mol. The average molecular weight is 502 g/mol. The van der Waals surface area contributed by atoms with Gasteiger partial charge in [0.2, 0.25) is 0 Å². The van der Waals surface area contributed by atoms with E-state index in [1.54, 1.807) is 42.5 Å². The molecule has 0 spiro atoms. The van der Waals surface area contributed by atoms with Gasteiger partial charge in [0.15, 0.2) is 11.6 Å². The van der Waals surface area contributed by atoms with Gasteiger partial charge in [-0.05, 0) is 51.3 Å². The quantitative estimate of drug-likeness (QED) is 0.332. The minimum atomic E-state index is -0.757. The second kappa shape index (κ2) is 8.68. The van der Waals surface area contributed by atoms with Crippen LogP contribution in [-0.2, 0) is 12.6 Å². The van der Waals surface area contributed by atoms with Gasteiger partial charge in [-0.25, -0.2) is 19.3 Å². The van der Waals surface area contributed by atoms with Gasteiger partial charge in [-0.1, -0.05) is 0 Å². The zero-order chi connectivity index (χ0) is 25.7. The maximum Gasteiger partial charge on any atom is 0.261 e. The van der Waals surface area contributed by atoms with E-state index in [9.17, 15) is 4.79 Å². The highest BCUT2D eigenvalue weighted by Gasteiger charge is 2.29. The molecule has 3 N–H and O–H groups in total. The molecule has 6 rings (SSSR count). The molecule has 1 aliphatic heterocycles. The van der Waals surface area contributed by atoms with E-state index in [-0.39, 0.29) is 28.3 Å². The predicted octanol–water partition coefficient (Wildman–Crippen LogP) is 4.07. The highest BCUT2D eigenvalue weighted by atomic mass is 19.1. The first-order valence-electron chi connectivity index (χ1n) is 12.4. The Morgan fingerprint density at radius 1 is 1.03 bits per heavy atom. The Morgan fingerprint density at radius 3 is 2.54 bits per heavy atom. The van der Waals surface area contributed by atoms with Crippen molar-refractivity contribution in [3.63, 3.8) is 0 Å². The van der Waals surface area contributed by atoms with Gasteiger partial charge in [-0.2, -0.15) is 5.10 Å². The molecule has 5 aromatic rings. The lowest BCUT2D eigenvalue weighted by Crippen LogP contribution is -2.31. The van der Waals surface area contributed by atoms with E-state index < -0.39 is 5.54 Å². The molecule has 0 unspecified atom stereocenters. The van der Waals surface area contributed by atoms with Crippen LogP contribution in [0.25, 0.3) is 33.5 Å². The smallest absolute Gasteiger partial charge is 0.261 e. The minimum absolute atomic E-state index is 0.204. The zero-order valence-corrected chi connectivity index (χ0v) is 21.0. The van der Waals surface area contributed by atoms with E-state index in [4.69, 9.17) is 0 Å². The molecule has 0 atom stereocenters. The van der Waals surface area contributed by atoms with Crippen LogP contribution < -0.4 is 15.8 Å². The third-order valence-corrected chi connectivity index (χ3v) is 6.86. The molecule has 1 saturated heterocycles. The fourth-order valence-corrected chi connectivity index (χ4v) is 5.05. The molecule has 1 fully saturated rings. The number of halogens is 1. The number of aromatic nitrogens is 7. The van der Waals surface area contributed by atoms with E-state index in [1.807, 2.05) is 19.9 Å². The summed E-state index contributed by atoms with van der Waals surface area (Å²) in [4.78, 5) is 34.9. The molecular weight excluding hydrogens is 473 g/mol. The van der Waals surface area contributed by atoms with Crippen molar-refractivity contribution in [2.45, 2.75) is 38.6 Å². The molecule has 0 radical (unpaired) electrons. The highest BCUT2D eigenvalue weighted by Crippen LogP contribution is 2.35. The van der Waals surface area contributed by atoms with Crippen LogP contribution >= 0.6 is 0 Å². The van der Waals surface area contributed by atoms with E-state index in [1.165, 1.54) is 0 Å². The van der Waals surface area contributed by atoms with Crippen molar-refractivity contribution in [1.29, 1.82) is 0 Å². The molecule has 1 aromatic carbocycles. The lowest BCUT2D eigenvalue weighted by molar-refractivity contribution is 0.559. The summed E-state index contributed by atoms with van der Waals surface area (Å²) in [6.45, 7) is 5.48. The van der Waals surface area contributed by atoms with E-state index >= 15 is 4.39 Å². The minimum Gasteiger partial charge on any atom is -0.370 e. The number of hydrogen-bond acceptors (Lipinski definition) is 7. The Hall–Kier alpha value is -4.28. The van der Waals surface area contributed by atoms with Crippen LogP contribution in [0.5, 0.6) is 0 Å². The van der Waals surface area contributed by atoms with E-state index in [2.05, 4.69) is 40.2 Å². The molecule has 37 heavy (non-hydrogen) atoms. The summed E-state index contributed by atoms with van der Waals surface area (Å²) >= 11 is 0. The van der Waals surface area contributed by atoms with Crippen LogP contribution in [0.15, 0.2) is 41.6 Å². The second-order valence-electron chi connectivity index (χ2n) is 10.0. The average Bonchev–Trinajstić information content (AvgIpc) is 3.48. The number of benzene rings is 1. The molecule has 1 aliphatic rings. The highest BCUT2D eigenvalue weighted by molar-refractivity contribution is 5.97. The number of aromatic amines is 2. The summed E-state index contributed by atoms with van der Waals surface area (Å²) in [7, 11) is 1.78. The largest absolute Gasteiger partial charge is 0.370 e. The van der Waals surface area contributed by atoms with Gasteiger partial charge < -0.3 is 20.2 Å². The summed E-state index contributed by atoms with van der Waals surface area (Å²) in [6, 6.07) is 5.35. The molecule has 5 heterocycles. The number of nitrogens with one attached hydrogen (secondary N) is 3. The fraction of sp³-hybridized carbons (Fsp3) is 0.346. The van der Waals surface area contributed by atoms with Crippen molar-refractivity contribution < 1.29 is 4.39 Å². The summed E-state index contributed by atoms with van der Waals surface area (Å²) in [5, 5.41) is 8.02. The van der Waals surface area contributed by atoms with Crippen molar-refractivity contribution in [2.75, 3.05) is 23.3 Å². The fourth-order valence-electron chi connectivity index (χ4n) is 5.05. The van der Waals surface area contributed by atoms with Gasteiger partial charge in [-0.3, -0.25) is 9.48 Å². The summed E-state index contributed by atoms with van der Waals surface area (Å²) in [5.41, 5.74) is 1.96. The van der Waals surface area contributed by atoms with Crippen molar-refractivity contribution in [2.24, 2.45) is 7.05 Å². The number of anilines is 2. The Balaban J connectivity index is 1.52. The Bertz CT molecular complexity index is 1660. The Morgan fingerprint density at radius 2 is 1.78 bits per heavy atom. The van der Waals surface area contributed by atoms with Gasteiger partial charge in [0, 0.05) is 38.7 Å². The third-order valence-electron chi connectivity index (χ3n) is 6.86. The lowest BCUT2D eigenvalue weighted by Gasteiger charge is -2.29. The molecule has 10 nitrogen and oxygen atoms in total. The van der Waals surface area contributed by atoms with Crippen LogP contribution in [0.4, 0.5) is 15.8 Å². The van der Waals surface area contributed by atoms with Crippen LogP contribution in [0.1, 0.15) is 38.9 Å². The summed E-state index contributed by atoms with van der Waals surface area (Å²) in [6.07, 6.45) is 8.32. The molecule has 190 valence electrons. The van der Waals surface area contributed by atoms with Crippen molar-refractivity contribution in [1.82, 2.24) is 34.7 Å². The third kappa shape index (κ3) is 4.00. The van der Waals surface area contributed by atoms with Crippen LogP contribution in [0.3, 0.4) is 0 Å². The zero-order valence-electron chi connectivity index (χ0n) is 21.0. The number of H-pyrrole nitrogens is 2. The van der Waals surface area contributed by atoms with Gasteiger partial charge >= 0.3 is 0 Å². The summed E-state index contributed by atoms with van der Waals surface area (Å²) in [5.74, 6) is 0.419. The number of imidazole rings is 1. The molecular formula is C26H28FN9O. The molecule has 0 saturated carbocycles. The lowest BCUT2D eigenvalue weighted by atomic mass is 10.0. The van der Waals surface area contributed by atoms with Gasteiger partial charge in [-0.15, -0.1) is 0 Å². The first kappa shape index (κ1) is 23.1. The topological polar surface area (TPSA) is 120 Å². The van der Waals surface area contributed by atoms with Crippen LogP contribution in [0.2, 0.25) is 0 Å². The monoisotopic (exact) mass is 501 g/mol. The first-order chi connectivity index (χ1) is 17.8. The Kier molecular flexibility index (Phi) is 5.43. The number of pyridine rings is 1. The normalized spacial score (nSPS) is 14.5. The van der Waals surface area contributed by atoms with Gasteiger partial charge in [0.1, 0.15) is 22.4 Å². The Labute approximate surface area is 212 Å². The van der Waals surface area contributed by atoms with Crippen LogP contribution in [-0.4, -0.2) is 47.8 Å². The molecule has 0 amide bonds. The van der Waals surface area contributed by atoms with E-state index in [0.717, 1.165) is 32.4 Å². The van der Waals surface area contributed by atoms with Crippen LogP contribution in [0, 0.1) is 5.82 Å². The molecule has 0 bridgehead atoms. The molecule has 0 aliphatic carbocycles. The number of hydrogen-bond donors (Lipinski definition) is 3. The maximum absolute atomic E-state index is 15.7. The van der Waals surface area contributed by atoms with Gasteiger partial charge in [0.05, 0.1) is 27.9 Å². The number of rotatable bonds is 5. The first-order valence-corrected chi connectivity index (χ1v) is 12.4. The van der Waals surface area contributed by atoms with Crippen molar-refractivity contribution in [3.8, 4) is 11.4 Å². The number of nitrogens with zero attached hydrogens (tertiary/aromatic N) is 6. The number of fused-ring (bicyclic) bond motifs is 2. The molecule has 11 heteroatoms. The standard InChI is InChI=1S/C26H28FN9O/c1-26(2,25-28-10-7-11-29-25)33-22-18(24(37)31-16-14-35(3)34-21(16)22)23-30-15-8-9-17(19(27)20(15)32-23)36-12-5-4-6-13-36/h7-11,14,33H,4-6,12-13H2,1-3H3,(H,30,32)(H,31,37).